The van der Waals surface area contributed by atoms with Gasteiger partial charge in [-0.25, -0.2) is 4.98 Å². The molecule has 2 aromatic rings. The highest BCUT2D eigenvalue weighted by atomic mass is 35.5. The maximum Gasteiger partial charge on any atom is 0.259 e. The van der Waals surface area contributed by atoms with Crippen molar-refractivity contribution in [3.05, 3.63) is 23.1 Å². The Morgan fingerprint density at radius 2 is 2.10 bits per heavy atom. The molecule has 0 aliphatic carbocycles. The molecule has 3 rings (SSSR count). The minimum absolute atomic E-state index is 0.240. The summed E-state index contributed by atoms with van der Waals surface area (Å²) >= 11 is 6.33. The summed E-state index contributed by atoms with van der Waals surface area (Å²) in [5.41, 5.74) is 0.644. The molecule has 1 N–H and O–H groups in total. The number of likely N-dealkylation sites (N-methyl/N-ethyl adjacent to an activating group) is 1. The molecule has 112 valence electrons. The van der Waals surface area contributed by atoms with Crippen molar-refractivity contribution in [3.8, 4) is 11.5 Å². The standard InChI is InChI=1S/C13H16ClN5O2/c1-18-2-4-19(5-3-18)12-10(14)6-9(7-15-12)13-16-11(8-20)17-21-13/h6-7,20H,2-5,8H2,1H3. The van der Waals surface area contributed by atoms with Gasteiger partial charge in [-0.05, 0) is 13.1 Å². The third kappa shape index (κ3) is 2.99. The first-order chi connectivity index (χ1) is 10.2. The molecule has 21 heavy (non-hydrogen) atoms. The van der Waals surface area contributed by atoms with Crippen LogP contribution in [0.3, 0.4) is 0 Å². The number of hydrogen-bond donors (Lipinski definition) is 1. The smallest absolute Gasteiger partial charge is 0.259 e. The van der Waals surface area contributed by atoms with Crippen molar-refractivity contribution >= 4 is 17.4 Å². The number of aromatic nitrogens is 3. The van der Waals surface area contributed by atoms with E-state index in [1.165, 1.54) is 0 Å². The van der Waals surface area contributed by atoms with Gasteiger partial charge in [0.05, 0.1) is 10.6 Å². The van der Waals surface area contributed by atoms with Crippen LogP contribution in [-0.4, -0.2) is 58.4 Å². The fourth-order valence-electron chi connectivity index (χ4n) is 2.23. The first-order valence-electron chi connectivity index (χ1n) is 6.70. The summed E-state index contributed by atoms with van der Waals surface area (Å²) in [5.74, 6) is 1.32. The van der Waals surface area contributed by atoms with Gasteiger partial charge < -0.3 is 19.4 Å². The number of rotatable bonds is 3. The van der Waals surface area contributed by atoms with Gasteiger partial charge >= 0.3 is 0 Å². The molecule has 0 bridgehead atoms. The van der Waals surface area contributed by atoms with Crippen LogP contribution in [0.5, 0.6) is 0 Å². The molecular weight excluding hydrogens is 294 g/mol. The van der Waals surface area contributed by atoms with Gasteiger partial charge in [0.2, 0.25) is 0 Å². The molecule has 0 spiro atoms. The Hall–Kier alpha value is -1.70. The molecule has 0 aromatic carbocycles. The van der Waals surface area contributed by atoms with E-state index in [-0.39, 0.29) is 12.4 Å². The van der Waals surface area contributed by atoms with Crippen LogP contribution in [0.15, 0.2) is 16.8 Å². The highest BCUT2D eigenvalue weighted by molar-refractivity contribution is 6.33. The number of aliphatic hydroxyl groups is 1. The zero-order chi connectivity index (χ0) is 14.8. The van der Waals surface area contributed by atoms with Crippen molar-refractivity contribution in [2.24, 2.45) is 0 Å². The van der Waals surface area contributed by atoms with E-state index in [1.807, 2.05) is 0 Å². The number of nitrogens with zero attached hydrogens (tertiary/aromatic N) is 5. The van der Waals surface area contributed by atoms with Crippen molar-refractivity contribution < 1.29 is 9.63 Å². The van der Waals surface area contributed by atoms with E-state index in [9.17, 15) is 0 Å². The van der Waals surface area contributed by atoms with Crippen molar-refractivity contribution in [1.29, 1.82) is 0 Å². The summed E-state index contributed by atoms with van der Waals surface area (Å²) in [7, 11) is 2.10. The topological polar surface area (TPSA) is 78.5 Å². The maximum absolute atomic E-state index is 8.95. The molecule has 0 amide bonds. The summed E-state index contributed by atoms with van der Waals surface area (Å²) < 4.78 is 5.06. The molecular formula is C13H16ClN5O2. The molecule has 1 aliphatic rings. The number of halogens is 1. The molecule has 7 nitrogen and oxygen atoms in total. The van der Waals surface area contributed by atoms with E-state index in [1.54, 1.807) is 12.3 Å². The normalized spacial score (nSPS) is 16.4. The number of piperazine rings is 1. The summed E-state index contributed by atoms with van der Waals surface area (Å²) in [4.78, 5) is 12.9. The van der Waals surface area contributed by atoms with Crippen LogP contribution in [0.1, 0.15) is 5.82 Å². The Morgan fingerprint density at radius 3 is 2.71 bits per heavy atom. The van der Waals surface area contributed by atoms with Crippen molar-refractivity contribution in [2.45, 2.75) is 6.61 Å². The summed E-state index contributed by atoms with van der Waals surface area (Å²) in [5, 5.41) is 13.1. The first-order valence-corrected chi connectivity index (χ1v) is 7.08. The second-order valence-electron chi connectivity index (χ2n) is 4.99. The Labute approximate surface area is 127 Å². The SMILES string of the molecule is CN1CCN(c2ncc(-c3nc(CO)no3)cc2Cl)CC1. The van der Waals surface area contributed by atoms with Gasteiger partial charge in [0, 0.05) is 32.4 Å². The van der Waals surface area contributed by atoms with Crippen molar-refractivity contribution in [2.75, 3.05) is 38.1 Å². The predicted molar refractivity (Wildman–Crippen MR) is 78.2 cm³/mol. The van der Waals surface area contributed by atoms with Crippen molar-refractivity contribution in [3.63, 3.8) is 0 Å². The Morgan fingerprint density at radius 1 is 1.33 bits per heavy atom. The second-order valence-corrected chi connectivity index (χ2v) is 5.40. The number of aliphatic hydroxyl groups excluding tert-OH is 1. The quantitative estimate of drug-likeness (QED) is 0.907. The highest BCUT2D eigenvalue weighted by Gasteiger charge is 2.19. The Balaban J connectivity index is 1.82. The average Bonchev–Trinajstić information content (AvgIpc) is 2.97. The van der Waals surface area contributed by atoms with E-state index in [4.69, 9.17) is 21.2 Å². The molecule has 1 aliphatic heterocycles. The molecule has 1 fully saturated rings. The zero-order valence-corrected chi connectivity index (χ0v) is 12.4. The molecule has 0 atom stereocenters. The minimum atomic E-state index is -0.260. The van der Waals surface area contributed by atoms with Gasteiger partial charge in [0.15, 0.2) is 5.82 Å². The largest absolute Gasteiger partial charge is 0.388 e. The average molecular weight is 310 g/mol. The highest BCUT2D eigenvalue weighted by Crippen LogP contribution is 2.28. The molecule has 0 saturated carbocycles. The van der Waals surface area contributed by atoms with Gasteiger partial charge in [-0.2, -0.15) is 4.98 Å². The summed E-state index contributed by atoms with van der Waals surface area (Å²) in [6.07, 6.45) is 1.66. The maximum atomic E-state index is 8.95. The van der Waals surface area contributed by atoms with Crippen LogP contribution in [-0.2, 0) is 6.61 Å². The fourth-order valence-corrected chi connectivity index (χ4v) is 2.52. The third-order valence-electron chi connectivity index (χ3n) is 3.48. The Kier molecular flexibility index (Phi) is 4.05. The third-order valence-corrected chi connectivity index (χ3v) is 3.76. The van der Waals surface area contributed by atoms with Crippen LogP contribution in [0.25, 0.3) is 11.5 Å². The zero-order valence-electron chi connectivity index (χ0n) is 11.7. The predicted octanol–water partition coefficient (Wildman–Crippen LogP) is 1.03. The lowest BCUT2D eigenvalue weighted by atomic mass is 10.2. The van der Waals surface area contributed by atoms with Crippen LogP contribution in [0.4, 0.5) is 5.82 Å². The molecule has 8 heteroatoms. The van der Waals surface area contributed by atoms with E-state index < -0.39 is 0 Å². The number of pyridine rings is 1. The lowest BCUT2D eigenvalue weighted by Crippen LogP contribution is -2.44. The van der Waals surface area contributed by atoms with Gasteiger partial charge in [0.25, 0.3) is 5.89 Å². The number of anilines is 1. The van der Waals surface area contributed by atoms with Crippen LogP contribution in [0.2, 0.25) is 5.02 Å². The van der Waals surface area contributed by atoms with Crippen molar-refractivity contribution in [1.82, 2.24) is 20.0 Å². The molecule has 2 aromatic heterocycles. The van der Waals surface area contributed by atoms with Gasteiger partial charge in [-0.15, -0.1) is 0 Å². The van der Waals surface area contributed by atoms with Crippen LogP contribution < -0.4 is 4.90 Å². The van der Waals surface area contributed by atoms with E-state index in [0.717, 1.165) is 32.0 Å². The van der Waals surface area contributed by atoms with Gasteiger partial charge in [-0.3, -0.25) is 0 Å². The first kappa shape index (κ1) is 14.2. The fraction of sp³-hybridized carbons (Fsp3) is 0.462. The lowest BCUT2D eigenvalue weighted by Gasteiger charge is -2.33. The Bertz CT molecular complexity index is 625. The van der Waals surface area contributed by atoms with E-state index in [2.05, 4.69) is 32.0 Å². The minimum Gasteiger partial charge on any atom is -0.388 e. The molecule has 0 radical (unpaired) electrons. The van der Waals surface area contributed by atoms with E-state index >= 15 is 0 Å². The number of hydrogen-bond acceptors (Lipinski definition) is 7. The second kappa shape index (κ2) is 5.97. The van der Waals surface area contributed by atoms with Crippen LogP contribution in [0, 0.1) is 0 Å². The molecule has 3 heterocycles. The molecule has 1 saturated heterocycles. The summed E-state index contributed by atoms with van der Waals surface area (Å²) in [6.45, 7) is 3.52. The monoisotopic (exact) mass is 309 g/mol. The molecule has 0 unspecified atom stereocenters. The van der Waals surface area contributed by atoms with Gasteiger partial charge in [-0.1, -0.05) is 16.8 Å². The van der Waals surface area contributed by atoms with Gasteiger partial charge in [0.1, 0.15) is 12.4 Å². The lowest BCUT2D eigenvalue weighted by molar-refractivity contribution is 0.264. The van der Waals surface area contributed by atoms with Crippen LogP contribution >= 0.6 is 11.6 Å². The summed E-state index contributed by atoms with van der Waals surface area (Å²) in [6, 6.07) is 1.76. The van der Waals surface area contributed by atoms with E-state index in [0.29, 0.717) is 16.5 Å².